The summed E-state index contributed by atoms with van der Waals surface area (Å²) in [6.45, 7) is 23.5. The topological polar surface area (TPSA) is 37.4 Å². The molecule has 6 rings (SSSR count). The van der Waals surface area contributed by atoms with E-state index in [1.54, 1.807) is 27.6 Å². The van der Waals surface area contributed by atoms with Crippen LogP contribution in [0.1, 0.15) is 193 Å². The van der Waals surface area contributed by atoms with Gasteiger partial charge in [-0.1, -0.05) is 126 Å². The Morgan fingerprint density at radius 3 is 1.77 bits per heavy atom. The number of hydrogen-bond donors (Lipinski definition) is 0. The zero-order chi connectivity index (χ0) is 41.1. The predicted octanol–water partition coefficient (Wildman–Crippen LogP) is 17.5. The van der Waals surface area contributed by atoms with Crippen molar-refractivity contribution < 1.29 is 9.59 Å². The Kier molecular flexibility index (Phi) is 14.9. The molecule has 0 aliphatic carbocycles. The maximum absolute atomic E-state index is 14.4. The van der Waals surface area contributed by atoms with E-state index in [1.807, 2.05) is 34.0 Å². The highest BCUT2D eigenvalue weighted by molar-refractivity contribution is 7.34. The predicted molar refractivity (Wildman–Crippen MR) is 256 cm³/mol. The quantitative estimate of drug-likeness (QED) is 0.0513. The Bertz CT molecular complexity index is 2150. The van der Waals surface area contributed by atoms with E-state index in [4.69, 9.17) is 0 Å². The van der Waals surface area contributed by atoms with Crippen LogP contribution in [0.2, 0.25) is 0 Å². The molecule has 0 N–H and O–H groups in total. The van der Waals surface area contributed by atoms with Gasteiger partial charge in [0.1, 0.15) is 0 Å². The Hall–Kier alpha value is -2.10. The van der Waals surface area contributed by atoms with Crippen LogP contribution in [-0.4, -0.2) is 23.3 Å². The number of rotatable bonds is 22. The summed E-state index contributed by atoms with van der Waals surface area (Å²) in [6.07, 6.45) is 18.0. The minimum Gasteiger partial charge on any atom is -0.274 e. The Balaban J connectivity index is 1.29. The smallest absolute Gasteiger partial charge is 0.263 e. The molecule has 1 aliphatic rings. The van der Waals surface area contributed by atoms with E-state index in [1.165, 1.54) is 109 Å². The first-order valence-electron chi connectivity index (χ1n) is 22.1. The summed E-state index contributed by atoms with van der Waals surface area (Å²) in [5.74, 6) is 0.138. The van der Waals surface area contributed by atoms with Crippen molar-refractivity contribution in [3.63, 3.8) is 0 Å². The van der Waals surface area contributed by atoms with E-state index >= 15 is 0 Å². The molecule has 0 aromatic carbocycles. The Morgan fingerprint density at radius 2 is 1.14 bits per heavy atom. The standard InChI is InChI=1S/C49H67NO2S5/c1-11-15-18-19-20-21-23-31(5)30-50-46(51)38-39(47(50)52)45(48(8,9)28-22-16-12-2)57-44(38)36-25-24-34(53-36)40-32(6)42-43(55-40)33(7)41(56-42)35-26-27-37(54-35)49(10,14-4)29-17-13-3/h24-27,31H,11-23,28-30H2,1-10H3. The fourth-order valence-corrected chi connectivity index (χ4v) is 15.6. The molecule has 57 heavy (non-hydrogen) atoms. The summed E-state index contributed by atoms with van der Waals surface area (Å²) in [6, 6.07) is 9.23. The van der Waals surface area contributed by atoms with E-state index in [9.17, 15) is 9.59 Å². The summed E-state index contributed by atoms with van der Waals surface area (Å²) in [7, 11) is 0. The van der Waals surface area contributed by atoms with E-state index < -0.39 is 0 Å². The maximum Gasteiger partial charge on any atom is 0.263 e. The molecule has 1 aliphatic heterocycles. The van der Waals surface area contributed by atoms with Crippen LogP contribution in [-0.2, 0) is 10.8 Å². The first kappa shape index (κ1) is 44.5. The first-order chi connectivity index (χ1) is 27.3. The lowest BCUT2D eigenvalue weighted by molar-refractivity contribution is 0.0629. The van der Waals surface area contributed by atoms with Gasteiger partial charge in [-0.15, -0.1) is 56.7 Å². The second-order valence-corrected chi connectivity index (χ2v) is 23.1. The molecule has 0 saturated heterocycles. The second-order valence-electron chi connectivity index (χ2n) is 17.9. The van der Waals surface area contributed by atoms with Crippen LogP contribution in [0.15, 0.2) is 24.3 Å². The van der Waals surface area contributed by atoms with Gasteiger partial charge < -0.3 is 0 Å². The third kappa shape index (κ3) is 9.16. The SMILES string of the molecule is CCCCCCCCC(C)CN1C(=O)c2c(-c3ccc(-c4sc5c(C)c(-c6ccc(C(C)(CC)CCCC)s6)sc5c4C)s3)sc(C(C)(C)CCCCC)c2C1=O. The number of imide groups is 1. The number of hydrogen-bond acceptors (Lipinski definition) is 7. The van der Waals surface area contributed by atoms with Crippen molar-refractivity contribution in [1.82, 2.24) is 4.90 Å². The molecule has 0 spiro atoms. The third-order valence-corrected chi connectivity index (χ3v) is 20.2. The molecular weight excluding hydrogens is 795 g/mol. The minimum absolute atomic E-state index is 0.0681. The van der Waals surface area contributed by atoms with Crippen LogP contribution < -0.4 is 0 Å². The van der Waals surface area contributed by atoms with Crippen LogP contribution in [0.25, 0.3) is 38.7 Å². The van der Waals surface area contributed by atoms with Crippen molar-refractivity contribution in [2.24, 2.45) is 5.92 Å². The van der Waals surface area contributed by atoms with E-state index in [0.29, 0.717) is 23.6 Å². The number of nitrogens with zero attached hydrogens (tertiary/aromatic N) is 1. The van der Waals surface area contributed by atoms with Crippen molar-refractivity contribution in [3.8, 4) is 29.3 Å². The first-order valence-corrected chi connectivity index (χ1v) is 26.1. The van der Waals surface area contributed by atoms with Crippen LogP contribution >= 0.6 is 56.7 Å². The second kappa shape index (κ2) is 19.1. The highest BCUT2D eigenvalue weighted by atomic mass is 32.1. The van der Waals surface area contributed by atoms with Gasteiger partial charge >= 0.3 is 0 Å². The summed E-state index contributed by atoms with van der Waals surface area (Å²) in [4.78, 5) is 40.5. The molecule has 0 radical (unpaired) electrons. The van der Waals surface area contributed by atoms with Gasteiger partial charge in [-0.25, -0.2) is 0 Å². The Labute approximate surface area is 364 Å². The van der Waals surface area contributed by atoms with Gasteiger partial charge in [0, 0.05) is 55.5 Å². The minimum atomic E-state index is -0.184. The number of carbonyl (C=O) groups is 2. The van der Waals surface area contributed by atoms with E-state index in [2.05, 4.69) is 93.5 Å². The van der Waals surface area contributed by atoms with Gasteiger partial charge in [0.05, 0.1) is 16.0 Å². The normalized spacial score (nSPS) is 15.0. The fraction of sp³-hybridized carbons (Fsp3) is 0.592. The maximum atomic E-state index is 14.4. The summed E-state index contributed by atoms with van der Waals surface area (Å²) in [5.41, 5.74) is 4.17. The number of unbranched alkanes of at least 4 members (excludes halogenated alkanes) is 8. The lowest BCUT2D eigenvalue weighted by Gasteiger charge is -2.27. The molecule has 5 aromatic heterocycles. The van der Waals surface area contributed by atoms with Crippen LogP contribution in [0.4, 0.5) is 0 Å². The van der Waals surface area contributed by atoms with Gasteiger partial charge in [0.25, 0.3) is 11.8 Å². The monoisotopic (exact) mass is 861 g/mol. The molecule has 3 nitrogen and oxygen atoms in total. The number of thiophene rings is 5. The molecule has 0 saturated carbocycles. The van der Waals surface area contributed by atoms with Crippen molar-refractivity contribution in [2.45, 2.75) is 176 Å². The number of aryl methyl sites for hydroxylation is 2. The summed E-state index contributed by atoms with van der Waals surface area (Å²) >= 11 is 9.38. The van der Waals surface area contributed by atoms with Gasteiger partial charge in [-0.3, -0.25) is 14.5 Å². The molecule has 2 unspecified atom stereocenters. The highest BCUT2D eigenvalue weighted by Crippen LogP contribution is 2.54. The van der Waals surface area contributed by atoms with Gasteiger partial charge in [-0.2, -0.15) is 0 Å². The zero-order valence-electron chi connectivity index (χ0n) is 36.5. The largest absolute Gasteiger partial charge is 0.274 e. The van der Waals surface area contributed by atoms with Crippen LogP contribution in [0.3, 0.4) is 0 Å². The van der Waals surface area contributed by atoms with Crippen molar-refractivity contribution in [1.29, 1.82) is 0 Å². The van der Waals surface area contributed by atoms with E-state index in [-0.39, 0.29) is 22.6 Å². The summed E-state index contributed by atoms with van der Waals surface area (Å²) in [5, 5.41) is 0. The molecule has 6 heterocycles. The molecule has 0 fully saturated rings. The van der Waals surface area contributed by atoms with E-state index in [0.717, 1.165) is 46.7 Å². The highest BCUT2D eigenvalue weighted by Gasteiger charge is 2.45. The van der Waals surface area contributed by atoms with Gasteiger partial charge in [0.15, 0.2) is 0 Å². The number of amides is 2. The molecule has 0 bridgehead atoms. The lowest BCUT2D eigenvalue weighted by Crippen LogP contribution is -2.34. The third-order valence-electron chi connectivity index (χ3n) is 12.7. The molecule has 5 aromatic rings. The summed E-state index contributed by atoms with van der Waals surface area (Å²) < 4.78 is 2.80. The average Bonchev–Trinajstić information content (AvgIpc) is 4.05. The molecule has 310 valence electrons. The molecule has 2 amide bonds. The number of carbonyl (C=O) groups excluding carboxylic acids is 2. The lowest BCUT2D eigenvalue weighted by atomic mass is 9.81. The van der Waals surface area contributed by atoms with Crippen molar-refractivity contribution in [3.05, 3.63) is 56.3 Å². The molecule has 8 heteroatoms. The van der Waals surface area contributed by atoms with Gasteiger partial charge in [-0.05, 0) is 86.3 Å². The average molecular weight is 862 g/mol. The number of fused-ring (bicyclic) bond motifs is 2. The molecule has 2 atom stereocenters. The van der Waals surface area contributed by atoms with Gasteiger partial charge in [0.2, 0.25) is 0 Å². The fourth-order valence-electron chi connectivity index (χ4n) is 8.65. The van der Waals surface area contributed by atoms with Crippen LogP contribution in [0.5, 0.6) is 0 Å². The van der Waals surface area contributed by atoms with Crippen molar-refractivity contribution in [2.75, 3.05) is 6.54 Å². The Morgan fingerprint density at radius 1 is 0.596 bits per heavy atom. The zero-order valence-corrected chi connectivity index (χ0v) is 40.6. The van der Waals surface area contributed by atoms with Crippen molar-refractivity contribution >= 4 is 77.9 Å². The molecular formula is C49H67NO2S5. The van der Waals surface area contributed by atoms with Crippen LogP contribution in [0, 0.1) is 19.8 Å².